The van der Waals surface area contributed by atoms with Gasteiger partial charge in [-0.15, -0.1) is 0 Å². The summed E-state index contributed by atoms with van der Waals surface area (Å²) in [6.07, 6.45) is 1.79. The van der Waals surface area contributed by atoms with Gasteiger partial charge < -0.3 is 0 Å². The van der Waals surface area contributed by atoms with Gasteiger partial charge in [0.1, 0.15) is 0 Å². The minimum absolute atomic E-state index is 0.194. The Hall–Kier alpha value is -2.50. The monoisotopic (exact) mass is 300 g/mol. The third-order valence-corrected chi connectivity index (χ3v) is 3.34. The van der Waals surface area contributed by atoms with E-state index in [2.05, 4.69) is 15.6 Å². The molecule has 1 heterocycles. The second kappa shape index (κ2) is 6.98. The van der Waals surface area contributed by atoms with Crippen molar-refractivity contribution in [1.82, 2.24) is 15.2 Å². The van der Waals surface area contributed by atoms with Crippen LogP contribution in [0.4, 0.5) is 0 Å². The molecule has 0 bridgehead atoms. The smallest absolute Gasteiger partial charge is 0.267 e. The zero-order valence-corrected chi connectivity index (χ0v) is 13.1. The predicted molar refractivity (Wildman–Crippen MR) is 87.2 cm³/mol. The van der Waals surface area contributed by atoms with Crippen LogP contribution in [-0.4, -0.2) is 21.4 Å². The van der Waals surface area contributed by atoms with Crippen LogP contribution in [-0.2, 0) is 6.54 Å². The average Bonchev–Trinajstić information content (AvgIpc) is 2.53. The minimum Gasteiger partial charge on any atom is -0.267 e. The standard InChI is InChI=1S/C16H20N4O2/c1-4-8-11(3)17-18-15(21)14-12-9-6-7-10-13(12)16(22)20(5-2)19-14/h6-7,9-10H,4-5,8H2,1-3H3,(H,18,21)/b17-11-. The lowest BCUT2D eigenvalue weighted by atomic mass is 10.1. The highest BCUT2D eigenvalue weighted by atomic mass is 16.2. The van der Waals surface area contributed by atoms with Crippen LogP contribution >= 0.6 is 0 Å². The van der Waals surface area contributed by atoms with Crippen LogP contribution in [0, 0.1) is 0 Å². The lowest BCUT2D eigenvalue weighted by Gasteiger charge is -2.08. The topological polar surface area (TPSA) is 76.3 Å². The van der Waals surface area contributed by atoms with Crippen LogP contribution < -0.4 is 11.0 Å². The molecule has 1 aromatic heterocycles. The van der Waals surface area contributed by atoms with Crippen molar-refractivity contribution in [2.45, 2.75) is 40.2 Å². The third kappa shape index (κ3) is 3.21. The molecule has 0 unspecified atom stereocenters. The molecule has 0 aliphatic heterocycles. The van der Waals surface area contributed by atoms with Crippen LogP contribution in [0.25, 0.3) is 10.8 Å². The molecule has 1 aromatic carbocycles. The van der Waals surface area contributed by atoms with Gasteiger partial charge in [0, 0.05) is 17.6 Å². The van der Waals surface area contributed by atoms with Gasteiger partial charge in [0.05, 0.1) is 5.39 Å². The van der Waals surface area contributed by atoms with Crippen molar-refractivity contribution in [2.24, 2.45) is 5.10 Å². The summed E-state index contributed by atoms with van der Waals surface area (Å²) in [7, 11) is 0. The van der Waals surface area contributed by atoms with Crippen molar-refractivity contribution in [3.8, 4) is 0 Å². The molecule has 0 fully saturated rings. The summed E-state index contributed by atoms with van der Waals surface area (Å²) in [5, 5.41) is 9.26. The number of benzene rings is 1. The molecule has 2 aromatic rings. The van der Waals surface area contributed by atoms with Gasteiger partial charge in [-0.05, 0) is 26.3 Å². The number of carbonyl (C=O) groups excluding carboxylic acids is 1. The molecular weight excluding hydrogens is 280 g/mol. The number of nitrogens with one attached hydrogen (secondary N) is 1. The number of hydrogen-bond acceptors (Lipinski definition) is 4. The molecule has 0 spiro atoms. The number of aromatic nitrogens is 2. The average molecular weight is 300 g/mol. The van der Waals surface area contributed by atoms with E-state index < -0.39 is 5.91 Å². The van der Waals surface area contributed by atoms with Crippen LogP contribution in [0.1, 0.15) is 44.1 Å². The maximum Gasteiger partial charge on any atom is 0.292 e. The molecule has 116 valence electrons. The van der Waals surface area contributed by atoms with E-state index in [0.717, 1.165) is 18.6 Å². The van der Waals surface area contributed by atoms with E-state index in [9.17, 15) is 9.59 Å². The normalized spacial score (nSPS) is 11.7. The minimum atomic E-state index is -0.408. The van der Waals surface area contributed by atoms with Gasteiger partial charge in [0.2, 0.25) is 0 Å². The molecule has 22 heavy (non-hydrogen) atoms. The number of carbonyl (C=O) groups is 1. The van der Waals surface area contributed by atoms with Crippen molar-refractivity contribution in [1.29, 1.82) is 0 Å². The number of hydrazone groups is 1. The Kier molecular flexibility index (Phi) is 5.04. The van der Waals surface area contributed by atoms with E-state index in [1.807, 2.05) is 20.8 Å². The lowest BCUT2D eigenvalue weighted by molar-refractivity contribution is 0.0949. The maximum atomic E-state index is 12.4. The first-order chi connectivity index (χ1) is 10.6. The molecule has 2 rings (SSSR count). The first-order valence-electron chi connectivity index (χ1n) is 7.41. The van der Waals surface area contributed by atoms with E-state index in [0.29, 0.717) is 17.3 Å². The van der Waals surface area contributed by atoms with E-state index in [1.165, 1.54) is 4.68 Å². The van der Waals surface area contributed by atoms with Gasteiger partial charge in [0.15, 0.2) is 5.69 Å². The van der Waals surface area contributed by atoms with Gasteiger partial charge in [-0.1, -0.05) is 31.5 Å². The van der Waals surface area contributed by atoms with Crippen molar-refractivity contribution >= 4 is 22.4 Å². The summed E-state index contributed by atoms with van der Waals surface area (Å²) >= 11 is 0. The van der Waals surface area contributed by atoms with Gasteiger partial charge in [-0.3, -0.25) is 9.59 Å². The highest BCUT2D eigenvalue weighted by Gasteiger charge is 2.15. The summed E-state index contributed by atoms with van der Waals surface area (Å²) in [5.41, 5.74) is 3.39. The second-order valence-corrected chi connectivity index (χ2v) is 5.05. The zero-order valence-electron chi connectivity index (χ0n) is 13.1. The Labute approximate surface area is 128 Å². The Morgan fingerprint density at radius 2 is 1.95 bits per heavy atom. The molecule has 1 amide bonds. The highest BCUT2D eigenvalue weighted by Crippen LogP contribution is 2.13. The predicted octanol–water partition coefficient (Wildman–Crippen LogP) is 2.32. The van der Waals surface area contributed by atoms with Gasteiger partial charge in [-0.25, -0.2) is 10.1 Å². The molecule has 0 radical (unpaired) electrons. The van der Waals surface area contributed by atoms with Crippen LogP contribution in [0.15, 0.2) is 34.2 Å². The molecule has 1 N–H and O–H groups in total. The second-order valence-electron chi connectivity index (χ2n) is 5.05. The number of amides is 1. The molecule has 0 saturated heterocycles. The summed E-state index contributed by atoms with van der Waals surface area (Å²) in [4.78, 5) is 24.6. The quantitative estimate of drug-likeness (QED) is 0.680. The SMILES string of the molecule is CCC/C(C)=N\NC(=O)c1nn(CC)c(=O)c2ccccc12. The van der Waals surface area contributed by atoms with Crippen molar-refractivity contribution in [3.63, 3.8) is 0 Å². The molecule has 0 aliphatic carbocycles. The van der Waals surface area contributed by atoms with E-state index in [4.69, 9.17) is 0 Å². The van der Waals surface area contributed by atoms with Gasteiger partial charge in [-0.2, -0.15) is 10.2 Å². The fourth-order valence-electron chi connectivity index (χ4n) is 2.23. The summed E-state index contributed by atoms with van der Waals surface area (Å²) < 4.78 is 1.29. The first-order valence-corrected chi connectivity index (χ1v) is 7.41. The third-order valence-electron chi connectivity index (χ3n) is 3.34. The van der Waals surface area contributed by atoms with Crippen LogP contribution in [0.5, 0.6) is 0 Å². The highest BCUT2D eigenvalue weighted by molar-refractivity contribution is 6.05. The molecule has 0 saturated carbocycles. The molecule has 0 aliphatic rings. The fraction of sp³-hybridized carbons (Fsp3) is 0.375. The Bertz CT molecular complexity index is 777. The first kappa shape index (κ1) is 15.9. The summed E-state index contributed by atoms with van der Waals surface area (Å²) in [5.74, 6) is -0.408. The van der Waals surface area contributed by atoms with Crippen molar-refractivity contribution < 1.29 is 4.79 Å². The number of aryl methyl sites for hydroxylation is 1. The molecule has 0 atom stereocenters. The largest absolute Gasteiger partial charge is 0.292 e. The van der Waals surface area contributed by atoms with Crippen LogP contribution in [0.3, 0.4) is 0 Å². The maximum absolute atomic E-state index is 12.4. The summed E-state index contributed by atoms with van der Waals surface area (Å²) in [6.45, 7) is 6.13. The summed E-state index contributed by atoms with van der Waals surface area (Å²) in [6, 6.07) is 6.98. The van der Waals surface area contributed by atoms with E-state index in [-0.39, 0.29) is 11.3 Å². The van der Waals surface area contributed by atoms with Gasteiger partial charge in [0.25, 0.3) is 11.5 Å². The molecule has 6 nitrogen and oxygen atoms in total. The number of fused-ring (bicyclic) bond motifs is 1. The fourth-order valence-corrected chi connectivity index (χ4v) is 2.23. The number of nitrogens with zero attached hydrogens (tertiary/aromatic N) is 3. The van der Waals surface area contributed by atoms with E-state index in [1.54, 1.807) is 24.3 Å². The Balaban J connectivity index is 2.46. The number of rotatable bonds is 5. The number of hydrogen-bond donors (Lipinski definition) is 1. The van der Waals surface area contributed by atoms with Crippen molar-refractivity contribution in [2.75, 3.05) is 0 Å². The molecular formula is C16H20N4O2. The molecule has 6 heteroatoms. The Morgan fingerprint density at radius 1 is 1.27 bits per heavy atom. The van der Waals surface area contributed by atoms with Crippen LogP contribution in [0.2, 0.25) is 0 Å². The van der Waals surface area contributed by atoms with Crippen molar-refractivity contribution in [3.05, 3.63) is 40.3 Å². The lowest BCUT2D eigenvalue weighted by Crippen LogP contribution is -2.28. The van der Waals surface area contributed by atoms with E-state index >= 15 is 0 Å². The zero-order chi connectivity index (χ0) is 16.1. The Morgan fingerprint density at radius 3 is 2.59 bits per heavy atom. The van der Waals surface area contributed by atoms with Gasteiger partial charge >= 0.3 is 0 Å².